The van der Waals surface area contributed by atoms with Crippen LogP contribution in [-0.2, 0) is 0 Å². The first-order valence-corrected chi connectivity index (χ1v) is 6.60. The topological polar surface area (TPSA) is 102 Å². The summed E-state index contributed by atoms with van der Waals surface area (Å²) in [4.78, 5) is 19.0. The normalized spacial score (nSPS) is 17.1. The summed E-state index contributed by atoms with van der Waals surface area (Å²) >= 11 is 0. The summed E-state index contributed by atoms with van der Waals surface area (Å²) in [6.45, 7) is 0. The molecule has 7 nitrogen and oxygen atoms in total. The van der Waals surface area contributed by atoms with E-state index in [2.05, 4.69) is 30.2 Å². The Balaban J connectivity index is 1.84. The van der Waals surface area contributed by atoms with Crippen LogP contribution in [0.25, 0.3) is 11.6 Å². The number of nitrogens with zero attached hydrogens (tertiary/aromatic N) is 5. The van der Waals surface area contributed by atoms with Crippen molar-refractivity contribution >= 4 is 11.9 Å². The van der Waals surface area contributed by atoms with Gasteiger partial charge in [0, 0.05) is 25.1 Å². The van der Waals surface area contributed by atoms with Crippen molar-refractivity contribution in [2.75, 3.05) is 11.1 Å². The van der Waals surface area contributed by atoms with E-state index >= 15 is 0 Å². The summed E-state index contributed by atoms with van der Waals surface area (Å²) in [7, 11) is 0. The van der Waals surface area contributed by atoms with E-state index in [1.54, 1.807) is 0 Å². The average Bonchev–Trinajstić information content (AvgIpc) is 2.45. The van der Waals surface area contributed by atoms with E-state index in [4.69, 9.17) is 5.73 Å². The molecular formula is C12H11F4N7. The molecule has 0 aliphatic heterocycles. The van der Waals surface area contributed by atoms with Crippen molar-refractivity contribution in [1.29, 1.82) is 0 Å². The first kappa shape index (κ1) is 15.3. The first-order chi connectivity index (χ1) is 10.8. The number of alkyl halides is 4. The van der Waals surface area contributed by atoms with Crippen molar-refractivity contribution in [1.82, 2.24) is 24.9 Å². The van der Waals surface area contributed by atoms with E-state index in [0.717, 1.165) is 12.3 Å². The number of hydrogen-bond acceptors (Lipinski definition) is 7. The predicted molar refractivity (Wildman–Crippen MR) is 71.8 cm³/mol. The van der Waals surface area contributed by atoms with Crippen LogP contribution in [0.5, 0.6) is 0 Å². The molecule has 122 valence electrons. The molecular weight excluding hydrogens is 318 g/mol. The van der Waals surface area contributed by atoms with E-state index in [-0.39, 0.29) is 36.4 Å². The smallest absolute Gasteiger partial charge is 0.280 e. The standard InChI is InChI=1S/C12H11F4N7/c13-7(14)6-1-2-18-8(20-6)9-21-10(17)23-11(22-9)19-5-3-12(15,16)4-5/h1-2,5,7H,3-4H2,(H3,17,19,21,22,23). The number of anilines is 2. The van der Waals surface area contributed by atoms with Gasteiger partial charge in [0.2, 0.25) is 17.7 Å². The molecule has 2 aromatic rings. The highest BCUT2D eigenvalue weighted by Crippen LogP contribution is 2.38. The van der Waals surface area contributed by atoms with E-state index in [0.29, 0.717) is 0 Å². The third-order valence-electron chi connectivity index (χ3n) is 3.18. The Hall–Kier alpha value is -2.59. The first-order valence-electron chi connectivity index (χ1n) is 6.60. The van der Waals surface area contributed by atoms with Gasteiger partial charge in [-0.1, -0.05) is 0 Å². The third-order valence-corrected chi connectivity index (χ3v) is 3.18. The second-order valence-electron chi connectivity index (χ2n) is 5.05. The molecule has 0 spiro atoms. The van der Waals surface area contributed by atoms with Crippen molar-refractivity contribution in [3.63, 3.8) is 0 Å². The van der Waals surface area contributed by atoms with Crippen molar-refractivity contribution in [2.24, 2.45) is 0 Å². The van der Waals surface area contributed by atoms with E-state index < -0.39 is 24.1 Å². The molecule has 0 bridgehead atoms. The Kier molecular flexibility index (Phi) is 3.70. The van der Waals surface area contributed by atoms with Gasteiger partial charge < -0.3 is 11.1 Å². The molecule has 3 rings (SSSR count). The van der Waals surface area contributed by atoms with Gasteiger partial charge in [0.1, 0.15) is 5.69 Å². The van der Waals surface area contributed by atoms with Gasteiger partial charge in [-0.15, -0.1) is 0 Å². The van der Waals surface area contributed by atoms with Crippen molar-refractivity contribution < 1.29 is 17.6 Å². The molecule has 2 heterocycles. The quantitative estimate of drug-likeness (QED) is 0.828. The maximum absolute atomic E-state index is 12.8. The monoisotopic (exact) mass is 329 g/mol. The number of halogens is 4. The second-order valence-corrected chi connectivity index (χ2v) is 5.05. The van der Waals surface area contributed by atoms with Crippen LogP contribution in [0.1, 0.15) is 25.0 Å². The van der Waals surface area contributed by atoms with Crippen LogP contribution in [0.15, 0.2) is 12.3 Å². The molecule has 0 unspecified atom stereocenters. The largest absolute Gasteiger partial charge is 0.368 e. The van der Waals surface area contributed by atoms with Gasteiger partial charge in [-0.3, -0.25) is 0 Å². The highest BCUT2D eigenvalue weighted by atomic mass is 19.3. The highest BCUT2D eigenvalue weighted by Gasteiger charge is 2.45. The van der Waals surface area contributed by atoms with Crippen LogP contribution in [0.2, 0.25) is 0 Å². The predicted octanol–water partition coefficient (Wildman–Crippen LogP) is 2.06. The molecule has 1 aliphatic rings. The van der Waals surface area contributed by atoms with Crippen molar-refractivity contribution in [2.45, 2.75) is 31.2 Å². The van der Waals surface area contributed by atoms with Crippen LogP contribution in [0.4, 0.5) is 29.5 Å². The molecule has 0 atom stereocenters. The maximum atomic E-state index is 12.8. The Bertz CT molecular complexity index is 716. The molecule has 0 aromatic carbocycles. The number of aromatic nitrogens is 5. The Labute approximate surface area is 127 Å². The van der Waals surface area contributed by atoms with Gasteiger partial charge in [0.15, 0.2) is 5.82 Å². The summed E-state index contributed by atoms with van der Waals surface area (Å²) in [6.07, 6.45) is -2.31. The molecule has 0 saturated heterocycles. The Morgan fingerprint density at radius 1 is 1.13 bits per heavy atom. The lowest BCUT2D eigenvalue weighted by Crippen LogP contribution is -2.44. The lowest BCUT2D eigenvalue weighted by atomic mass is 9.88. The minimum atomic E-state index is -2.77. The Morgan fingerprint density at radius 2 is 1.87 bits per heavy atom. The maximum Gasteiger partial charge on any atom is 0.280 e. The molecule has 0 radical (unpaired) electrons. The summed E-state index contributed by atoms with van der Waals surface area (Å²) < 4.78 is 51.0. The van der Waals surface area contributed by atoms with E-state index in [1.165, 1.54) is 0 Å². The van der Waals surface area contributed by atoms with Crippen molar-refractivity contribution in [3.8, 4) is 11.6 Å². The van der Waals surface area contributed by atoms with Crippen molar-refractivity contribution in [3.05, 3.63) is 18.0 Å². The van der Waals surface area contributed by atoms with Gasteiger partial charge in [0.25, 0.3) is 12.3 Å². The zero-order valence-corrected chi connectivity index (χ0v) is 11.5. The fourth-order valence-electron chi connectivity index (χ4n) is 2.10. The molecule has 1 aliphatic carbocycles. The van der Waals surface area contributed by atoms with Gasteiger partial charge in [-0.2, -0.15) is 15.0 Å². The summed E-state index contributed by atoms with van der Waals surface area (Å²) in [5, 5.41) is 2.70. The third kappa shape index (κ3) is 3.43. The Morgan fingerprint density at radius 3 is 2.52 bits per heavy atom. The highest BCUT2D eigenvalue weighted by molar-refractivity contribution is 5.49. The fraction of sp³-hybridized carbons (Fsp3) is 0.417. The number of nitrogens with one attached hydrogen (secondary N) is 1. The van der Waals surface area contributed by atoms with Crippen LogP contribution >= 0.6 is 0 Å². The number of hydrogen-bond donors (Lipinski definition) is 2. The molecule has 23 heavy (non-hydrogen) atoms. The summed E-state index contributed by atoms with van der Waals surface area (Å²) in [5.74, 6) is -3.20. The lowest BCUT2D eigenvalue weighted by Gasteiger charge is -2.35. The van der Waals surface area contributed by atoms with Crippen LogP contribution in [0, 0.1) is 0 Å². The van der Waals surface area contributed by atoms with Crippen LogP contribution in [0.3, 0.4) is 0 Å². The molecule has 2 aromatic heterocycles. The second kappa shape index (κ2) is 5.56. The summed E-state index contributed by atoms with van der Waals surface area (Å²) in [5.41, 5.74) is 5.04. The minimum absolute atomic E-state index is 0.0287. The van der Waals surface area contributed by atoms with Gasteiger partial charge in [-0.05, 0) is 6.07 Å². The van der Waals surface area contributed by atoms with Gasteiger partial charge >= 0.3 is 0 Å². The molecule has 1 saturated carbocycles. The number of nitrogens with two attached hydrogens (primary N) is 1. The van der Waals surface area contributed by atoms with Gasteiger partial charge in [0.05, 0.1) is 0 Å². The van der Waals surface area contributed by atoms with Crippen LogP contribution in [-0.4, -0.2) is 36.9 Å². The molecule has 1 fully saturated rings. The molecule has 11 heteroatoms. The molecule has 3 N–H and O–H groups in total. The number of rotatable bonds is 4. The summed E-state index contributed by atoms with van der Waals surface area (Å²) in [6, 6.07) is 0.571. The SMILES string of the molecule is Nc1nc(NC2CC(F)(F)C2)nc(-c2nccc(C(F)F)n2)n1. The average molecular weight is 329 g/mol. The van der Waals surface area contributed by atoms with E-state index in [9.17, 15) is 17.6 Å². The molecule has 0 amide bonds. The lowest BCUT2D eigenvalue weighted by molar-refractivity contribution is -0.0794. The number of nitrogen functional groups attached to an aromatic ring is 1. The zero-order chi connectivity index (χ0) is 16.6. The minimum Gasteiger partial charge on any atom is -0.368 e. The fourth-order valence-corrected chi connectivity index (χ4v) is 2.10. The van der Waals surface area contributed by atoms with Gasteiger partial charge in [-0.25, -0.2) is 27.5 Å². The van der Waals surface area contributed by atoms with Crippen LogP contribution < -0.4 is 11.1 Å². The zero-order valence-electron chi connectivity index (χ0n) is 11.5. The van der Waals surface area contributed by atoms with E-state index in [1.807, 2.05) is 0 Å².